The molecule has 0 bridgehead atoms. The summed E-state index contributed by atoms with van der Waals surface area (Å²) < 4.78 is 1.12. The first-order valence-corrected chi connectivity index (χ1v) is 7.91. The van der Waals surface area contributed by atoms with E-state index in [0.29, 0.717) is 0 Å². The summed E-state index contributed by atoms with van der Waals surface area (Å²) in [6, 6.07) is 7.77. The number of hydrogen-bond acceptors (Lipinski definition) is 6. The number of aromatic hydroxyl groups is 1. The van der Waals surface area contributed by atoms with Crippen molar-refractivity contribution in [2.75, 3.05) is 0 Å². The van der Waals surface area contributed by atoms with E-state index in [1.165, 1.54) is 31.3 Å². The van der Waals surface area contributed by atoms with Crippen LogP contribution >= 0.6 is 0 Å². The minimum Gasteiger partial charge on any atom is -0.494 e. The lowest BCUT2D eigenvalue weighted by Gasteiger charge is -2.15. The molecule has 8 nitrogen and oxygen atoms in total. The molecule has 0 saturated carbocycles. The molecule has 0 fully saturated rings. The van der Waals surface area contributed by atoms with Crippen LogP contribution in [-0.4, -0.2) is 20.8 Å². The molecule has 0 aliphatic heterocycles. The van der Waals surface area contributed by atoms with Crippen molar-refractivity contribution in [1.29, 1.82) is 5.26 Å². The molecule has 0 atom stereocenters. The molecule has 2 aromatic rings. The van der Waals surface area contributed by atoms with Crippen molar-refractivity contribution in [3.05, 3.63) is 61.4 Å². The number of nitro benzene ring substituents is 1. The van der Waals surface area contributed by atoms with Crippen molar-refractivity contribution >= 4 is 17.6 Å². The molecular weight excluding hydrogens is 336 g/mol. The van der Waals surface area contributed by atoms with Crippen molar-refractivity contribution in [2.45, 2.75) is 27.3 Å². The predicted octanol–water partition coefficient (Wildman–Crippen LogP) is 3.05. The Morgan fingerprint density at radius 2 is 2.08 bits per heavy atom. The number of nitrogens with zero attached hydrogens (tertiary/aromatic N) is 4. The minimum absolute atomic E-state index is 0.0628. The Labute approximate surface area is 149 Å². The number of nitriles is 1. The molecule has 1 aromatic carbocycles. The van der Waals surface area contributed by atoms with Gasteiger partial charge in [-0.05, 0) is 24.5 Å². The van der Waals surface area contributed by atoms with Crippen molar-refractivity contribution in [3.63, 3.8) is 0 Å². The van der Waals surface area contributed by atoms with Gasteiger partial charge in [0, 0.05) is 18.8 Å². The number of benzene rings is 1. The SMILES string of the molecule is Cc1c(C=Nc2ccccc2[N+](=O)[O-])c(O)n(CC(C)C)c(=O)c1C#N. The van der Waals surface area contributed by atoms with Gasteiger partial charge in [-0.15, -0.1) is 0 Å². The van der Waals surface area contributed by atoms with Crippen LogP contribution in [0.2, 0.25) is 0 Å². The molecule has 134 valence electrons. The van der Waals surface area contributed by atoms with Crippen molar-refractivity contribution < 1.29 is 10.0 Å². The molecule has 0 spiro atoms. The summed E-state index contributed by atoms with van der Waals surface area (Å²) in [5.74, 6) is -0.254. The fourth-order valence-electron chi connectivity index (χ4n) is 2.52. The molecule has 1 heterocycles. The first-order valence-electron chi connectivity index (χ1n) is 7.91. The maximum Gasteiger partial charge on any atom is 0.294 e. The third kappa shape index (κ3) is 3.62. The van der Waals surface area contributed by atoms with Gasteiger partial charge in [0.05, 0.1) is 10.5 Å². The van der Waals surface area contributed by atoms with Crippen LogP contribution < -0.4 is 5.56 Å². The first-order chi connectivity index (χ1) is 12.3. The van der Waals surface area contributed by atoms with E-state index in [2.05, 4.69) is 4.99 Å². The maximum atomic E-state index is 12.4. The zero-order chi connectivity index (χ0) is 19.4. The third-order valence-electron chi connectivity index (χ3n) is 3.81. The molecule has 2 rings (SSSR count). The van der Waals surface area contributed by atoms with Gasteiger partial charge in [-0.25, -0.2) is 4.99 Å². The summed E-state index contributed by atoms with van der Waals surface area (Å²) in [5, 5.41) is 30.9. The highest BCUT2D eigenvalue weighted by Gasteiger charge is 2.19. The average Bonchev–Trinajstić information content (AvgIpc) is 2.59. The van der Waals surface area contributed by atoms with Gasteiger partial charge in [0.1, 0.15) is 17.3 Å². The van der Waals surface area contributed by atoms with Crippen molar-refractivity contribution in [3.8, 4) is 11.9 Å². The fraction of sp³-hybridized carbons (Fsp3) is 0.278. The number of aromatic nitrogens is 1. The largest absolute Gasteiger partial charge is 0.494 e. The van der Waals surface area contributed by atoms with E-state index < -0.39 is 10.5 Å². The lowest BCUT2D eigenvalue weighted by Crippen LogP contribution is -2.27. The normalized spacial score (nSPS) is 11.0. The second kappa shape index (κ2) is 7.61. The second-order valence-corrected chi connectivity index (χ2v) is 6.16. The number of pyridine rings is 1. The maximum absolute atomic E-state index is 12.4. The van der Waals surface area contributed by atoms with Gasteiger partial charge in [0.25, 0.3) is 11.2 Å². The summed E-state index contributed by atoms with van der Waals surface area (Å²) in [7, 11) is 0. The minimum atomic E-state index is -0.570. The van der Waals surface area contributed by atoms with Gasteiger partial charge in [-0.2, -0.15) is 5.26 Å². The molecule has 8 heteroatoms. The van der Waals surface area contributed by atoms with E-state index in [1.54, 1.807) is 6.07 Å². The Balaban J connectivity index is 2.66. The Morgan fingerprint density at radius 3 is 2.65 bits per heavy atom. The molecule has 0 saturated heterocycles. The third-order valence-corrected chi connectivity index (χ3v) is 3.81. The Kier molecular flexibility index (Phi) is 5.52. The summed E-state index contributed by atoms with van der Waals surface area (Å²) >= 11 is 0. The highest BCUT2D eigenvalue weighted by Crippen LogP contribution is 2.27. The van der Waals surface area contributed by atoms with Crippen LogP contribution in [-0.2, 0) is 6.54 Å². The van der Waals surface area contributed by atoms with Crippen LogP contribution in [0.25, 0.3) is 0 Å². The van der Waals surface area contributed by atoms with E-state index in [1.807, 2.05) is 19.9 Å². The van der Waals surface area contributed by atoms with Gasteiger partial charge in [0.2, 0.25) is 5.88 Å². The van der Waals surface area contributed by atoms with E-state index in [-0.39, 0.29) is 46.4 Å². The van der Waals surface area contributed by atoms with Crippen LogP contribution in [0.3, 0.4) is 0 Å². The van der Waals surface area contributed by atoms with Gasteiger partial charge in [-0.3, -0.25) is 19.5 Å². The van der Waals surface area contributed by atoms with Crippen LogP contribution in [0.1, 0.15) is 30.5 Å². The lowest BCUT2D eigenvalue weighted by atomic mass is 10.1. The number of hydrogen-bond donors (Lipinski definition) is 1. The summed E-state index contributed by atoms with van der Waals surface area (Å²) in [6.07, 6.45) is 1.24. The van der Waals surface area contributed by atoms with E-state index in [4.69, 9.17) is 0 Å². The number of nitro groups is 1. The van der Waals surface area contributed by atoms with Crippen molar-refractivity contribution in [2.24, 2.45) is 10.9 Å². The Hall–Kier alpha value is -3.47. The number of rotatable bonds is 5. The molecule has 1 N–H and O–H groups in total. The molecule has 0 aliphatic carbocycles. The zero-order valence-corrected chi connectivity index (χ0v) is 14.6. The molecule has 0 aliphatic rings. The zero-order valence-electron chi connectivity index (χ0n) is 14.6. The molecule has 0 unspecified atom stereocenters. The van der Waals surface area contributed by atoms with Gasteiger partial charge >= 0.3 is 0 Å². The second-order valence-electron chi connectivity index (χ2n) is 6.16. The predicted molar refractivity (Wildman–Crippen MR) is 97.0 cm³/mol. The van der Waals surface area contributed by atoms with Crippen LogP contribution in [0.15, 0.2) is 34.1 Å². The van der Waals surface area contributed by atoms with Gasteiger partial charge in [0.15, 0.2) is 0 Å². The Bertz CT molecular complexity index is 984. The van der Waals surface area contributed by atoms with Crippen LogP contribution in [0.5, 0.6) is 5.88 Å². The highest BCUT2D eigenvalue weighted by atomic mass is 16.6. The lowest BCUT2D eigenvalue weighted by molar-refractivity contribution is -0.384. The Morgan fingerprint density at radius 1 is 1.42 bits per heavy atom. The monoisotopic (exact) mass is 354 g/mol. The first kappa shape index (κ1) is 18.9. The van der Waals surface area contributed by atoms with Gasteiger partial charge in [-0.1, -0.05) is 26.0 Å². The quantitative estimate of drug-likeness (QED) is 0.502. The standard InChI is InChI=1S/C18H18N4O4/c1-11(2)10-21-17(23)13(8-19)12(3)14(18(21)24)9-20-15-6-4-5-7-16(15)22(25)26/h4-7,9,11,24H,10H2,1-3H3. The average molecular weight is 354 g/mol. The van der Waals surface area contributed by atoms with Crippen LogP contribution in [0.4, 0.5) is 11.4 Å². The fourth-order valence-corrected chi connectivity index (χ4v) is 2.52. The highest BCUT2D eigenvalue weighted by molar-refractivity contribution is 5.88. The topological polar surface area (TPSA) is 122 Å². The molecule has 0 radical (unpaired) electrons. The van der Waals surface area contributed by atoms with Gasteiger partial charge < -0.3 is 5.11 Å². The van der Waals surface area contributed by atoms with E-state index >= 15 is 0 Å². The molecule has 26 heavy (non-hydrogen) atoms. The molecule has 0 amide bonds. The van der Waals surface area contributed by atoms with Crippen molar-refractivity contribution in [1.82, 2.24) is 4.57 Å². The summed E-state index contributed by atoms with van der Waals surface area (Å²) in [6.45, 7) is 5.50. The smallest absolute Gasteiger partial charge is 0.294 e. The molecular formula is C18H18N4O4. The number of para-hydroxylation sites is 2. The molecule has 1 aromatic heterocycles. The summed E-state index contributed by atoms with van der Waals surface area (Å²) in [5.41, 5.74) is -0.280. The van der Waals surface area contributed by atoms with E-state index in [0.717, 1.165) is 4.57 Å². The van der Waals surface area contributed by atoms with E-state index in [9.17, 15) is 25.3 Å². The number of aliphatic imine (C=N–C) groups is 1. The van der Waals surface area contributed by atoms with Crippen LogP contribution in [0, 0.1) is 34.3 Å². The summed E-state index contributed by atoms with van der Waals surface area (Å²) in [4.78, 5) is 27.0.